The maximum absolute atomic E-state index is 5.22. The van der Waals surface area contributed by atoms with Crippen LogP contribution in [0.2, 0.25) is 0 Å². The molecular weight excluding hydrogens is 495 g/mol. The van der Waals surface area contributed by atoms with E-state index in [9.17, 15) is 0 Å². The minimum absolute atomic E-state index is 0. The molecule has 0 spiro atoms. The van der Waals surface area contributed by atoms with Crippen LogP contribution in [0.15, 0.2) is 0 Å². The van der Waals surface area contributed by atoms with Crippen molar-refractivity contribution in [3.63, 3.8) is 0 Å². The summed E-state index contributed by atoms with van der Waals surface area (Å²) in [6, 6.07) is 0. The second kappa shape index (κ2) is 37.9. The molecule has 0 aromatic carbocycles. The monoisotopic (exact) mass is 566 g/mol. The molecule has 222 valence electrons. The van der Waals surface area contributed by atoms with Crippen LogP contribution < -0.4 is 0 Å². The van der Waals surface area contributed by atoms with E-state index in [1.165, 1.54) is 116 Å². The fourth-order valence-electron chi connectivity index (χ4n) is 4.24. The van der Waals surface area contributed by atoms with Gasteiger partial charge in [0.2, 0.25) is 0 Å². The van der Waals surface area contributed by atoms with E-state index in [1.54, 1.807) is 18.5 Å². The van der Waals surface area contributed by atoms with E-state index in [0.717, 1.165) is 0 Å². The van der Waals surface area contributed by atoms with Gasteiger partial charge in [-0.05, 0) is 69.5 Å². The van der Waals surface area contributed by atoms with E-state index < -0.39 is 9.53 Å². The lowest BCUT2D eigenvalue weighted by Gasteiger charge is -2.18. The molecule has 0 aromatic rings. The second-order valence-electron chi connectivity index (χ2n) is 9.80. The van der Waals surface area contributed by atoms with Gasteiger partial charge < -0.3 is 13.3 Å². The Morgan fingerprint density at radius 1 is 0.389 bits per heavy atom. The van der Waals surface area contributed by atoms with Crippen molar-refractivity contribution in [2.45, 2.75) is 157 Å². The van der Waals surface area contributed by atoms with Gasteiger partial charge in [-0.1, -0.05) is 117 Å². The normalized spacial score (nSPS) is 11.0. The highest BCUT2D eigenvalue weighted by Crippen LogP contribution is 2.39. The molecule has 3 nitrogen and oxygen atoms in total. The molecule has 0 amide bonds. The zero-order valence-electron chi connectivity index (χ0n) is 25.2. The summed E-state index contributed by atoms with van der Waals surface area (Å²) >= 11 is 0. The van der Waals surface area contributed by atoms with Crippen molar-refractivity contribution in [2.75, 3.05) is 38.3 Å². The van der Waals surface area contributed by atoms with Crippen molar-refractivity contribution in [3.05, 3.63) is 0 Å². The highest BCUT2D eigenvalue weighted by atomic mass is 31.1. The van der Waals surface area contributed by atoms with E-state index in [-0.39, 0.29) is 11.0 Å². The lowest BCUT2D eigenvalue weighted by Crippen LogP contribution is -2.27. The van der Waals surface area contributed by atoms with Crippen LogP contribution in [0.1, 0.15) is 157 Å². The molecule has 0 saturated heterocycles. The average Bonchev–Trinajstić information content (AvgIpc) is 2.86. The van der Waals surface area contributed by atoms with Gasteiger partial charge >= 0.3 is 9.53 Å². The Labute approximate surface area is 236 Å². The van der Waals surface area contributed by atoms with Crippen molar-refractivity contribution < 1.29 is 13.3 Å². The van der Waals surface area contributed by atoms with Crippen LogP contribution >= 0.6 is 7.92 Å². The molecule has 0 saturated carbocycles. The predicted molar refractivity (Wildman–Crippen MR) is 175 cm³/mol. The molecule has 6 heteroatoms. The zero-order valence-corrected chi connectivity index (χ0v) is 27.3. The van der Waals surface area contributed by atoms with Gasteiger partial charge in [0.15, 0.2) is 0 Å². The summed E-state index contributed by atoms with van der Waals surface area (Å²) < 4.78 is 15.7. The first-order valence-electron chi connectivity index (χ1n) is 15.8. The number of hydrogen-bond donors (Lipinski definition) is 0. The van der Waals surface area contributed by atoms with Crippen LogP contribution in [0.4, 0.5) is 0 Å². The molecule has 36 heavy (non-hydrogen) atoms. The molecule has 0 bridgehead atoms. The van der Waals surface area contributed by atoms with Gasteiger partial charge in [-0.2, -0.15) is 0 Å². The third-order valence-electron chi connectivity index (χ3n) is 6.39. The van der Waals surface area contributed by atoms with Crippen molar-refractivity contribution in [1.82, 2.24) is 0 Å². The summed E-state index contributed by atoms with van der Waals surface area (Å²) in [4.78, 5) is 0. The summed E-state index contributed by atoms with van der Waals surface area (Å²) in [6.45, 7) is 14.8. The van der Waals surface area contributed by atoms with Gasteiger partial charge in [0.05, 0.1) is 0 Å². The Morgan fingerprint density at radius 2 is 0.639 bits per heavy atom. The highest BCUT2D eigenvalue weighted by Gasteiger charge is 2.11. The van der Waals surface area contributed by atoms with Crippen molar-refractivity contribution in [2.24, 2.45) is 0 Å². The van der Waals surface area contributed by atoms with Gasteiger partial charge in [0.25, 0.3) is 0 Å². The summed E-state index contributed by atoms with van der Waals surface area (Å²) in [5.41, 5.74) is 0. The largest absolute Gasteiger partial charge is 0.484 e. The van der Waals surface area contributed by atoms with Gasteiger partial charge in [0, 0.05) is 19.8 Å². The van der Waals surface area contributed by atoms with E-state index in [4.69, 9.17) is 13.3 Å². The minimum atomic E-state index is -1.73. The van der Waals surface area contributed by atoms with Crippen molar-refractivity contribution in [1.29, 1.82) is 0 Å². The lowest BCUT2D eigenvalue weighted by molar-refractivity contribution is 0.107. The Kier molecular flexibility index (Phi) is 43.4. The minimum Gasteiger partial charge on any atom is -0.376 e. The summed E-state index contributed by atoms with van der Waals surface area (Å²) in [5.74, 6) is 0. The lowest BCUT2D eigenvalue weighted by atomic mass is 10.1. The highest BCUT2D eigenvalue weighted by molar-refractivity contribution is 7.57. The molecule has 0 fully saturated rings. The Hall–Kier alpha value is 0.744. The summed E-state index contributed by atoms with van der Waals surface area (Å²) in [5, 5.41) is 0. The van der Waals surface area contributed by atoms with Crippen LogP contribution in [0, 0.1) is 0 Å². The first-order chi connectivity index (χ1) is 17.2. The molecule has 0 N–H and O–H groups in total. The van der Waals surface area contributed by atoms with Crippen molar-refractivity contribution in [3.8, 4) is 0 Å². The van der Waals surface area contributed by atoms with Crippen LogP contribution in [0.25, 0.3) is 0 Å². The van der Waals surface area contributed by atoms with E-state index in [0.29, 0.717) is 27.7 Å². The molecule has 0 aliphatic carbocycles. The smallest absolute Gasteiger partial charge is 0.376 e. The number of rotatable bonds is 27. The fraction of sp³-hybridized carbons (Fsp3) is 1.00. The molecule has 0 heterocycles. The number of hydrogen-bond acceptors (Lipinski definition) is 3. The van der Waals surface area contributed by atoms with E-state index in [1.807, 2.05) is 20.8 Å². The Balaban J connectivity index is -0.000000834. The van der Waals surface area contributed by atoms with Crippen LogP contribution in [0.5, 0.6) is 0 Å². The predicted octanol–water partition coefficient (Wildman–Crippen LogP) is 8.91. The zero-order chi connectivity index (χ0) is 26.2. The van der Waals surface area contributed by atoms with E-state index >= 15 is 0 Å². The average molecular weight is 567 g/mol. The molecule has 0 rings (SSSR count). The quantitative estimate of drug-likeness (QED) is 0.0564. The topological polar surface area (TPSA) is 27.7 Å². The molecule has 0 radical (unpaired) electrons. The van der Waals surface area contributed by atoms with Gasteiger partial charge in [-0.3, -0.25) is 0 Å². The Bertz CT molecular complexity index is 313. The molecule has 0 atom stereocenters. The first-order valence-corrected chi connectivity index (χ1v) is 19.1. The van der Waals surface area contributed by atoms with Crippen molar-refractivity contribution >= 4 is 28.4 Å². The molecule has 0 aliphatic heterocycles. The second-order valence-corrected chi connectivity index (χ2v) is 14.1. The maximum atomic E-state index is 5.22. The summed E-state index contributed by atoms with van der Waals surface area (Å²) in [7, 11) is -1.37. The van der Waals surface area contributed by atoms with Crippen LogP contribution in [-0.2, 0) is 13.3 Å². The fourth-order valence-corrected chi connectivity index (χ4v) is 8.02. The molecular formula is C30H71O3PSi2. The van der Waals surface area contributed by atoms with Gasteiger partial charge in [-0.15, -0.1) is 7.92 Å². The molecule has 0 unspecified atom stereocenters. The molecule has 0 aliphatic rings. The number of unbranched alkanes of at least 4 members (excludes halogenated alkanes) is 15. The van der Waals surface area contributed by atoms with Gasteiger partial charge in [-0.25, -0.2) is 0 Å². The Morgan fingerprint density at radius 3 is 0.889 bits per heavy atom. The SMILES string of the molecule is CCCCCCCCP(CCCCCCCC)CCCCCCCC.CCO[SiH](OCC)OCC.[SiH4]. The maximum Gasteiger partial charge on any atom is 0.484 e. The summed E-state index contributed by atoms with van der Waals surface area (Å²) in [6.07, 6.45) is 31.2. The molecule has 0 aromatic heterocycles. The van der Waals surface area contributed by atoms with Crippen LogP contribution in [0.3, 0.4) is 0 Å². The standard InChI is InChI=1S/C24H51P.C6H16O3Si.H4Si/c1-4-7-10-13-16-19-22-25(23-20-17-14-11-8-5-2)24-21-18-15-12-9-6-3;1-4-7-10(8-5-2)9-6-3;/h4-24H2,1-3H3;10H,4-6H2,1-3H3;1H4. The third kappa shape index (κ3) is 34.7. The van der Waals surface area contributed by atoms with Crippen LogP contribution in [-0.4, -0.2) is 58.8 Å². The first kappa shape index (κ1) is 41.2. The van der Waals surface area contributed by atoms with E-state index in [2.05, 4.69) is 20.8 Å². The third-order valence-corrected chi connectivity index (χ3v) is 11.1. The van der Waals surface area contributed by atoms with Gasteiger partial charge in [0.1, 0.15) is 0 Å².